The third-order valence-electron chi connectivity index (χ3n) is 1.76. The second-order valence-corrected chi connectivity index (χ2v) is 4.43. The van der Waals surface area contributed by atoms with Gasteiger partial charge >= 0.3 is 11.9 Å². The summed E-state index contributed by atoms with van der Waals surface area (Å²) in [5.41, 5.74) is 0. The van der Waals surface area contributed by atoms with Gasteiger partial charge in [-0.15, -0.1) is 0 Å². The molecule has 0 amide bonds. The summed E-state index contributed by atoms with van der Waals surface area (Å²) in [6, 6.07) is 0. The van der Waals surface area contributed by atoms with E-state index in [2.05, 4.69) is 18.6 Å². The lowest BCUT2D eigenvalue weighted by atomic mass is 10.1. The molecule has 17 heavy (non-hydrogen) atoms. The van der Waals surface area contributed by atoms with Crippen molar-refractivity contribution in [1.82, 2.24) is 0 Å². The molecule has 0 radical (unpaired) electrons. The summed E-state index contributed by atoms with van der Waals surface area (Å²) in [7, 11) is 0. The first-order valence-electron chi connectivity index (χ1n) is 6.11. The Morgan fingerprint density at radius 1 is 1.06 bits per heavy atom. The highest BCUT2D eigenvalue weighted by molar-refractivity contribution is 5.71. The van der Waals surface area contributed by atoms with Crippen molar-refractivity contribution >= 4 is 11.9 Å². The van der Waals surface area contributed by atoms with Crippen LogP contribution in [-0.2, 0) is 19.1 Å². The molecular formula is C13H26O4. The van der Waals surface area contributed by atoms with Crippen LogP contribution >= 0.6 is 0 Å². The highest BCUT2D eigenvalue weighted by Gasteiger charge is 2.07. The number of ether oxygens (including phenoxy) is 2. The van der Waals surface area contributed by atoms with Crippen molar-refractivity contribution in [2.45, 2.75) is 48.0 Å². The average molecular weight is 246 g/mol. The van der Waals surface area contributed by atoms with Crippen LogP contribution in [0.15, 0.2) is 0 Å². The Morgan fingerprint density at radius 2 is 1.59 bits per heavy atom. The fourth-order valence-corrected chi connectivity index (χ4v) is 0.765. The molecule has 0 bridgehead atoms. The predicted molar refractivity (Wildman–Crippen MR) is 67.6 cm³/mol. The monoisotopic (exact) mass is 246 g/mol. The average Bonchev–Trinajstić information content (AvgIpc) is 2.17. The summed E-state index contributed by atoms with van der Waals surface area (Å²) in [6.45, 7) is 12.1. The highest BCUT2D eigenvalue weighted by atomic mass is 16.5. The molecule has 0 fully saturated rings. The lowest BCUT2D eigenvalue weighted by Crippen LogP contribution is -2.13. The van der Waals surface area contributed by atoms with Crippen LogP contribution in [0.2, 0.25) is 0 Å². The van der Waals surface area contributed by atoms with Crippen LogP contribution in [-0.4, -0.2) is 25.2 Å². The molecule has 4 heteroatoms. The van der Waals surface area contributed by atoms with Gasteiger partial charge in [0.25, 0.3) is 0 Å². The minimum absolute atomic E-state index is 0.00200. The Bertz CT molecular complexity index is 209. The quantitative estimate of drug-likeness (QED) is 0.700. The van der Waals surface area contributed by atoms with E-state index in [0.717, 1.165) is 6.42 Å². The largest absolute Gasteiger partial charge is 0.466 e. The second-order valence-electron chi connectivity index (χ2n) is 4.43. The smallest absolute Gasteiger partial charge is 0.308 e. The van der Waals surface area contributed by atoms with Gasteiger partial charge in [-0.2, -0.15) is 0 Å². The normalized spacial score (nSPS) is 9.65. The molecule has 0 N–H and O–H groups in total. The Balaban J connectivity index is 0. The molecule has 4 nitrogen and oxygen atoms in total. The Morgan fingerprint density at radius 3 is 1.82 bits per heavy atom. The minimum Gasteiger partial charge on any atom is -0.466 e. The SMILES string of the molecule is CC(C)CCOC(=O)C(C)C.CCOC(C)=O. The topological polar surface area (TPSA) is 52.6 Å². The number of rotatable bonds is 5. The lowest BCUT2D eigenvalue weighted by molar-refractivity contribution is -0.147. The van der Waals surface area contributed by atoms with Crippen molar-refractivity contribution in [2.24, 2.45) is 11.8 Å². The molecule has 0 heterocycles. The van der Waals surface area contributed by atoms with E-state index in [1.807, 2.05) is 13.8 Å². The molecule has 0 aromatic rings. The first kappa shape index (κ1) is 18.3. The maximum absolute atomic E-state index is 10.9. The Hall–Kier alpha value is -1.06. The summed E-state index contributed by atoms with van der Waals surface area (Å²) in [4.78, 5) is 20.7. The summed E-state index contributed by atoms with van der Waals surface area (Å²) >= 11 is 0. The van der Waals surface area contributed by atoms with E-state index in [1.165, 1.54) is 6.92 Å². The molecule has 102 valence electrons. The van der Waals surface area contributed by atoms with Gasteiger partial charge in [-0.25, -0.2) is 0 Å². The maximum atomic E-state index is 10.9. The molecule has 0 aliphatic carbocycles. The number of hydrogen-bond acceptors (Lipinski definition) is 4. The molecule has 0 saturated carbocycles. The summed E-state index contributed by atoms with van der Waals surface area (Å²) in [5.74, 6) is 0.306. The van der Waals surface area contributed by atoms with E-state index in [1.54, 1.807) is 6.92 Å². The zero-order valence-corrected chi connectivity index (χ0v) is 11.9. The zero-order valence-electron chi connectivity index (χ0n) is 11.9. The van der Waals surface area contributed by atoms with Crippen molar-refractivity contribution in [2.75, 3.05) is 13.2 Å². The van der Waals surface area contributed by atoms with Crippen LogP contribution in [0.5, 0.6) is 0 Å². The fourth-order valence-electron chi connectivity index (χ4n) is 0.765. The van der Waals surface area contributed by atoms with Gasteiger partial charge in [-0.05, 0) is 19.3 Å². The number of carbonyl (C=O) groups is 2. The Kier molecular flexibility index (Phi) is 12.3. The third kappa shape index (κ3) is 17.5. The van der Waals surface area contributed by atoms with Crippen LogP contribution in [0.1, 0.15) is 48.0 Å². The molecule has 0 spiro atoms. The summed E-state index contributed by atoms with van der Waals surface area (Å²) in [5, 5.41) is 0. The van der Waals surface area contributed by atoms with E-state index in [4.69, 9.17) is 4.74 Å². The molecule has 0 aromatic carbocycles. The predicted octanol–water partition coefficient (Wildman–Crippen LogP) is 2.80. The summed E-state index contributed by atoms with van der Waals surface area (Å²) < 4.78 is 9.38. The van der Waals surface area contributed by atoms with Gasteiger partial charge < -0.3 is 9.47 Å². The van der Waals surface area contributed by atoms with Gasteiger partial charge in [0.15, 0.2) is 0 Å². The third-order valence-corrected chi connectivity index (χ3v) is 1.76. The van der Waals surface area contributed by atoms with E-state index < -0.39 is 0 Å². The number of carbonyl (C=O) groups excluding carboxylic acids is 2. The molecular weight excluding hydrogens is 220 g/mol. The van der Waals surface area contributed by atoms with Crippen LogP contribution in [0, 0.1) is 11.8 Å². The van der Waals surface area contributed by atoms with Crippen LogP contribution in [0.25, 0.3) is 0 Å². The maximum Gasteiger partial charge on any atom is 0.308 e. The first-order valence-corrected chi connectivity index (χ1v) is 6.11. The van der Waals surface area contributed by atoms with Crippen molar-refractivity contribution in [1.29, 1.82) is 0 Å². The highest BCUT2D eigenvalue weighted by Crippen LogP contribution is 2.01. The Labute approximate surface area is 105 Å². The lowest BCUT2D eigenvalue weighted by Gasteiger charge is -2.07. The van der Waals surface area contributed by atoms with Gasteiger partial charge in [0, 0.05) is 6.92 Å². The van der Waals surface area contributed by atoms with Gasteiger partial charge in [-0.1, -0.05) is 27.7 Å². The van der Waals surface area contributed by atoms with E-state index >= 15 is 0 Å². The number of hydrogen-bond donors (Lipinski definition) is 0. The van der Waals surface area contributed by atoms with E-state index in [9.17, 15) is 9.59 Å². The summed E-state index contributed by atoms with van der Waals surface area (Å²) in [6.07, 6.45) is 0.957. The molecule has 0 aliphatic heterocycles. The molecule has 0 aliphatic rings. The minimum atomic E-state index is -0.211. The van der Waals surface area contributed by atoms with E-state index in [-0.39, 0.29) is 17.9 Å². The molecule has 0 aromatic heterocycles. The second kappa shape index (κ2) is 11.4. The van der Waals surface area contributed by atoms with Gasteiger partial charge in [0.1, 0.15) is 0 Å². The first-order chi connectivity index (χ1) is 7.81. The number of esters is 2. The van der Waals surface area contributed by atoms with Crippen molar-refractivity contribution < 1.29 is 19.1 Å². The van der Waals surface area contributed by atoms with Crippen LogP contribution < -0.4 is 0 Å². The van der Waals surface area contributed by atoms with Crippen molar-refractivity contribution in [3.63, 3.8) is 0 Å². The molecule has 0 unspecified atom stereocenters. The standard InChI is InChI=1S/C9H18O2.C4H8O2/c1-7(2)5-6-11-9(10)8(3)4;1-3-6-4(2)5/h7-8H,5-6H2,1-4H3;3H2,1-2H3. The van der Waals surface area contributed by atoms with E-state index in [0.29, 0.717) is 19.1 Å². The molecule has 0 rings (SSSR count). The zero-order chi connectivity index (χ0) is 13.8. The van der Waals surface area contributed by atoms with Gasteiger partial charge in [-0.3, -0.25) is 9.59 Å². The van der Waals surface area contributed by atoms with Gasteiger partial charge in [0.05, 0.1) is 19.1 Å². The van der Waals surface area contributed by atoms with Crippen LogP contribution in [0.3, 0.4) is 0 Å². The van der Waals surface area contributed by atoms with Crippen molar-refractivity contribution in [3.8, 4) is 0 Å². The molecule has 0 atom stereocenters. The molecule has 0 saturated heterocycles. The fraction of sp³-hybridized carbons (Fsp3) is 0.846. The van der Waals surface area contributed by atoms with Crippen LogP contribution in [0.4, 0.5) is 0 Å². The van der Waals surface area contributed by atoms with Crippen molar-refractivity contribution in [3.05, 3.63) is 0 Å². The van der Waals surface area contributed by atoms with Gasteiger partial charge in [0.2, 0.25) is 0 Å².